The lowest BCUT2D eigenvalue weighted by molar-refractivity contribution is 0.0376. The predicted molar refractivity (Wildman–Crippen MR) is 164 cm³/mol. The fraction of sp³-hybridized carbons (Fsp3) is 0.500. The van der Waals surface area contributed by atoms with Gasteiger partial charge in [0, 0.05) is 49.9 Å². The molecule has 40 heavy (non-hydrogen) atoms. The molecular weight excluding hydrogens is 591 g/mol. The summed E-state index contributed by atoms with van der Waals surface area (Å²) >= 11 is 7.80. The molecule has 5 rings (SSSR count). The van der Waals surface area contributed by atoms with E-state index in [9.17, 15) is 13.2 Å². The number of sulfonamides is 1. The number of benzene rings is 2. The van der Waals surface area contributed by atoms with Gasteiger partial charge in [-0.25, -0.2) is 13.4 Å². The normalized spacial score (nSPS) is 17.6. The minimum atomic E-state index is -3.58. The molecule has 0 unspecified atom stereocenters. The Balaban J connectivity index is 0.00000370. The van der Waals surface area contributed by atoms with Gasteiger partial charge in [0.2, 0.25) is 10.0 Å². The Morgan fingerprint density at radius 3 is 2.45 bits per heavy atom. The summed E-state index contributed by atoms with van der Waals surface area (Å²) in [5.74, 6) is 0.337. The van der Waals surface area contributed by atoms with Crippen LogP contribution in [0.5, 0.6) is 0 Å². The van der Waals surface area contributed by atoms with Crippen LogP contribution in [0.4, 0.5) is 5.13 Å². The van der Waals surface area contributed by atoms with Gasteiger partial charge in [-0.3, -0.25) is 14.6 Å². The van der Waals surface area contributed by atoms with E-state index in [1.165, 1.54) is 11.3 Å². The largest absolute Gasteiger partial charge is 0.379 e. The second-order valence-electron chi connectivity index (χ2n) is 10.4. The molecule has 8 nitrogen and oxygen atoms in total. The van der Waals surface area contributed by atoms with E-state index in [1.54, 1.807) is 33.5 Å². The summed E-state index contributed by atoms with van der Waals surface area (Å²) in [6.45, 7) is 9.72. The first kappa shape index (κ1) is 31.2. The lowest BCUT2D eigenvalue weighted by Gasteiger charge is -2.29. The third-order valence-corrected chi connectivity index (χ3v) is 11.0. The molecule has 12 heteroatoms. The molecule has 2 fully saturated rings. The molecule has 0 aliphatic carbocycles. The topological polar surface area (TPSA) is 83.0 Å². The van der Waals surface area contributed by atoms with E-state index in [2.05, 4.69) is 11.8 Å². The number of hydrogen-bond acceptors (Lipinski definition) is 7. The van der Waals surface area contributed by atoms with Crippen LogP contribution >= 0.6 is 35.3 Å². The molecule has 0 saturated carbocycles. The average Bonchev–Trinajstić information content (AvgIpc) is 3.38. The molecule has 2 aliphatic rings. The van der Waals surface area contributed by atoms with Crippen molar-refractivity contribution in [2.75, 3.05) is 57.4 Å². The number of amides is 1. The second kappa shape index (κ2) is 13.5. The Kier molecular flexibility index (Phi) is 10.5. The number of anilines is 1. The van der Waals surface area contributed by atoms with E-state index >= 15 is 0 Å². The molecule has 3 heterocycles. The number of fused-ring (bicyclic) bond motifs is 1. The van der Waals surface area contributed by atoms with Crippen molar-refractivity contribution >= 4 is 66.6 Å². The number of ether oxygens (including phenoxy) is 1. The van der Waals surface area contributed by atoms with Crippen molar-refractivity contribution in [2.24, 2.45) is 5.92 Å². The highest BCUT2D eigenvalue weighted by Gasteiger charge is 2.29. The molecule has 218 valence electrons. The first-order valence-electron chi connectivity index (χ1n) is 13.5. The first-order valence-corrected chi connectivity index (χ1v) is 16.2. The van der Waals surface area contributed by atoms with E-state index < -0.39 is 10.0 Å². The standard InChI is InChI=1S/C28H35ClN4O4S2.ClH/c1-20-10-14-32(15-11-20)39(35,36)23-6-4-22(5-7-23)27(34)33(13-3-12-31-16-18-37-19-17-31)28-30-26-21(2)24(29)8-9-25(26)38-28;/h4-9,20H,3,10-19H2,1-2H3;1H. The summed E-state index contributed by atoms with van der Waals surface area (Å²) in [4.78, 5) is 22.9. The van der Waals surface area contributed by atoms with Crippen molar-refractivity contribution in [2.45, 2.75) is 38.0 Å². The molecule has 0 N–H and O–H groups in total. The highest BCUT2D eigenvalue weighted by Crippen LogP contribution is 2.34. The molecule has 0 spiro atoms. The van der Waals surface area contributed by atoms with E-state index in [0.717, 1.165) is 67.9 Å². The van der Waals surface area contributed by atoms with E-state index in [0.29, 0.717) is 41.3 Å². The van der Waals surface area contributed by atoms with Crippen molar-refractivity contribution in [1.29, 1.82) is 0 Å². The van der Waals surface area contributed by atoms with Gasteiger partial charge >= 0.3 is 0 Å². The molecule has 0 atom stereocenters. The SMILES string of the molecule is Cc1c(Cl)ccc2sc(N(CCCN3CCOCC3)C(=O)c3ccc(S(=O)(=O)N4CCC(C)CC4)cc3)nc12.Cl. The number of piperidine rings is 1. The highest BCUT2D eigenvalue weighted by molar-refractivity contribution is 7.89. The molecule has 2 saturated heterocycles. The van der Waals surface area contributed by atoms with Crippen LogP contribution in [0.1, 0.15) is 42.1 Å². The number of morpholine rings is 1. The fourth-order valence-corrected chi connectivity index (χ4v) is 7.74. The summed E-state index contributed by atoms with van der Waals surface area (Å²) in [6.07, 6.45) is 2.51. The van der Waals surface area contributed by atoms with Crippen LogP contribution in [0.25, 0.3) is 10.2 Å². The van der Waals surface area contributed by atoms with Crippen LogP contribution in [0, 0.1) is 12.8 Å². The number of aryl methyl sites for hydroxylation is 1. The molecular formula is C28H36Cl2N4O4S2. The van der Waals surface area contributed by atoms with Crippen molar-refractivity contribution in [3.8, 4) is 0 Å². The number of hydrogen-bond donors (Lipinski definition) is 0. The lowest BCUT2D eigenvalue weighted by Crippen LogP contribution is -2.39. The Morgan fingerprint density at radius 2 is 1.77 bits per heavy atom. The maximum Gasteiger partial charge on any atom is 0.260 e. The molecule has 3 aromatic rings. The minimum absolute atomic E-state index is 0. The number of rotatable bonds is 8. The summed E-state index contributed by atoms with van der Waals surface area (Å²) in [6, 6.07) is 10.1. The van der Waals surface area contributed by atoms with Gasteiger partial charge in [0.1, 0.15) is 0 Å². The number of carbonyl (C=O) groups excluding carboxylic acids is 1. The minimum Gasteiger partial charge on any atom is -0.379 e. The summed E-state index contributed by atoms with van der Waals surface area (Å²) in [5, 5.41) is 1.26. The third-order valence-electron chi connectivity index (χ3n) is 7.65. The molecule has 0 bridgehead atoms. The Hall–Kier alpha value is -1.79. The lowest BCUT2D eigenvalue weighted by atomic mass is 10.0. The number of halogens is 2. The molecule has 1 aromatic heterocycles. The van der Waals surface area contributed by atoms with Crippen LogP contribution in [-0.2, 0) is 14.8 Å². The van der Waals surface area contributed by atoms with Crippen molar-refractivity contribution in [3.05, 3.63) is 52.5 Å². The number of nitrogens with zero attached hydrogens (tertiary/aromatic N) is 4. The molecule has 0 radical (unpaired) electrons. The maximum absolute atomic E-state index is 13.8. The monoisotopic (exact) mass is 626 g/mol. The van der Waals surface area contributed by atoms with Crippen LogP contribution in [0.2, 0.25) is 5.02 Å². The quantitative estimate of drug-likeness (QED) is 0.330. The van der Waals surface area contributed by atoms with Gasteiger partial charge in [-0.05, 0) is 74.1 Å². The Morgan fingerprint density at radius 1 is 1.10 bits per heavy atom. The van der Waals surface area contributed by atoms with Crippen LogP contribution in [0.3, 0.4) is 0 Å². The fourth-order valence-electron chi connectivity index (χ4n) is 5.07. The zero-order chi connectivity index (χ0) is 27.6. The van der Waals surface area contributed by atoms with Crippen LogP contribution < -0.4 is 4.90 Å². The van der Waals surface area contributed by atoms with Gasteiger partial charge < -0.3 is 4.74 Å². The van der Waals surface area contributed by atoms with Gasteiger partial charge in [0.15, 0.2) is 5.13 Å². The number of thiazole rings is 1. The van der Waals surface area contributed by atoms with E-state index in [-0.39, 0.29) is 23.2 Å². The second-order valence-corrected chi connectivity index (χ2v) is 13.7. The van der Waals surface area contributed by atoms with E-state index in [4.69, 9.17) is 21.3 Å². The zero-order valence-electron chi connectivity index (χ0n) is 22.8. The summed E-state index contributed by atoms with van der Waals surface area (Å²) in [5.41, 5.74) is 2.12. The summed E-state index contributed by atoms with van der Waals surface area (Å²) < 4.78 is 34.3. The Labute approximate surface area is 251 Å². The third kappa shape index (κ3) is 6.81. The van der Waals surface area contributed by atoms with Gasteiger partial charge in [0.25, 0.3) is 5.91 Å². The van der Waals surface area contributed by atoms with Gasteiger partial charge in [-0.15, -0.1) is 12.4 Å². The van der Waals surface area contributed by atoms with Gasteiger partial charge in [-0.2, -0.15) is 4.31 Å². The smallest absolute Gasteiger partial charge is 0.260 e. The first-order chi connectivity index (χ1) is 18.7. The molecule has 1 amide bonds. The average molecular weight is 628 g/mol. The predicted octanol–water partition coefficient (Wildman–Crippen LogP) is 5.47. The zero-order valence-corrected chi connectivity index (χ0v) is 26.0. The van der Waals surface area contributed by atoms with Gasteiger partial charge in [-0.1, -0.05) is 29.9 Å². The number of carbonyl (C=O) groups is 1. The van der Waals surface area contributed by atoms with Crippen molar-refractivity contribution in [1.82, 2.24) is 14.2 Å². The summed E-state index contributed by atoms with van der Waals surface area (Å²) in [7, 11) is -3.58. The van der Waals surface area contributed by atoms with Crippen LogP contribution in [0.15, 0.2) is 41.3 Å². The van der Waals surface area contributed by atoms with Crippen LogP contribution in [-0.4, -0.2) is 81.0 Å². The Bertz CT molecular complexity index is 1420. The molecule has 2 aromatic carbocycles. The van der Waals surface area contributed by atoms with E-state index in [1.807, 2.05) is 19.1 Å². The molecule has 2 aliphatic heterocycles. The van der Waals surface area contributed by atoms with Gasteiger partial charge in [0.05, 0.1) is 28.3 Å². The number of aromatic nitrogens is 1. The van der Waals surface area contributed by atoms with Crippen molar-refractivity contribution < 1.29 is 17.9 Å². The van der Waals surface area contributed by atoms with Crippen molar-refractivity contribution in [3.63, 3.8) is 0 Å². The maximum atomic E-state index is 13.8. The highest BCUT2D eigenvalue weighted by atomic mass is 35.5.